The van der Waals surface area contributed by atoms with Crippen molar-refractivity contribution in [3.05, 3.63) is 154 Å². The molecule has 4 aliphatic heterocycles. The van der Waals surface area contributed by atoms with Gasteiger partial charge in [-0.3, -0.25) is 14.9 Å². The molecule has 2 atom stereocenters. The number of aliphatic hydroxyl groups is 2. The molecule has 89 heavy (non-hydrogen) atoms. The van der Waals surface area contributed by atoms with Crippen molar-refractivity contribution in [2.75, 3.05) is 74.0 Å². The fourth-order valence-corrected chi connectivity index (χ4v) is 11.3. The number of imidazole rings is 2. The van der Waals surface area contributed by atoms with Gasteiger partial charge in [0.05, 0.1) is 74.7 Å². The number of nitrogens with zero attached hydrogens (tertiary/aromatic N) is 13. The van der Waals surface area contributed by atoms with Gasteiger partial charge >= 0.3 is 12.1 Å². The molecular weight excluding hydrogens is 1280 g/mol. The number of ether oxygens (including phenoxy) is 2. The molecule has 12 rings (SSSR count). The van der Waals surface area contributed by atoms with Gasteiger partial charge in [0.25, 0.3) is 0 Å². The number of carbonyl (C=O) groups is 1. The van der Waals surface area contributed by atoms with Gasteiger partial charge in [-0.15, -0.1) is 17.0 Å². The number of rotatable bonds is 15. The number of aliphatic hydroxyl groups excluding tert-OH is 2. The minimum absolute atomic E-state index is 0. The van der Waals surface area contributed by atoms with E-state index in [1.165, 1.54) is 22.3 Å². The molecule has 2 fully saturated rings. The van der Waals surface area contributed by atoms with Crippen molar-refractivity contribution < 1.29 is 42.8 Å². The second-order valence-corrected chi connectivity index (χ2v) is 22.3. The van der Waals surface area contributed by atoms with E-state index in [1.807, 2.05) is 64.3 Å². The van der Waals surface area contributed by atoms with Crippen LogP contribution in [-0.4, -0.2) is 147 Å². The van der Waals surface area contributed by atoms with Crippen LogP contribution in [0.25, 0.3) is 11.4 Å². The number of benzene rings is 2. The monoisotopic (exact) mass is 1350 g/mol. The standard InChI is InChI=1S/C30H36N8O2.C24H31N7O2.C6H6BrN.C2HF3O2.BrH/c1-20-12-24(13-27(40-3)21(20)2)37-17-28(32-19-37)34-30-33-26-16-36(15-22-6-4-9-31-14-22)11-8-25(26)29(35-30)38-10-5-7-23(38)18-39;1-15-9-18(10-21(33-3)16(15)2)30-12-22(26-14-30)28-24-27-20-11-25-7-6-19(20)23(29-24)31-8-4-5-17(31)13-32;7-4-6-2-1-3-8-5-6;3-2(4,5)1(6)7;/h4,6,9,12-14,17,19,23,39H,5,7-8,10-11,15-16,18H2,1-3H3,(H,33,34,35);9-10,12,14,17,25,32H,4-8,11,13H2,1-3H3,(H,27,28,29);1-3,5H,4H2;(H,6,7);1H/t23-;17-;;;/m00.../s1. The van der Waals surface area contributed by atoms with Gasteiger partial charge in [-0.05, 0) is 130 Å². The highest BCUT2D eigenvalue weighted by molar-refractivity contribution is 9.08. The summed E-state index contributed by atoms with van der Waals surface area (Å²) in [6, 6.07) is 16.5. The van der Waals surface area contributed by atoms with Gasteiger partial charge in [-0.2, -0.15) is 23.1 Å². The molecule has 0 unspecified atom stereocenters. The minimum Gasteiger partial charge on any atom is -0.496 e. The fourth-order valence-electron chi connectivity index (χ4n) is 11.0. The van der Waals surface area contributed by atoms with Crippen LogP contribution < -0.4 is 35.2 Å². The number of carboxylic acids is 1. The number of nitrogens with one attached hydrogen (secondary N) is 3. The van der Waals surface area contributed by atoms with Crippen LogP contribution in [0.15, 0.2) is 98.4 Å². The van der Waals surface area contributed by atoms with E-state index in [2.05, 4.69) is 112 Å². The Morgan fingerprint density at radius 1 is 0.719 bits per heavy atom. The Hall–Kier alpha value is -7.82. The maximum atomic E-state index is 10.6. The van der Waals surface area contributed by atoms with Crippen LogP contribution in [0.3, 0.4) is 0 Å². The van der Waals surface area contributed by atoms with E-state index in [-0.39, 0.29) is 42.3 Å². The molecule has 8 aromatic rings. The van der Waals surface area contributed by atoms with Crippen molar-refractivity contribution in [2.24, 2.45) is 0 Å². The lowest BCUT2D eigenvalue weighted by Gasteiger charge is -2.33. The van der Waals surface area contributed by atoms with E-state index in [4.69, 9.17) is 39.3 Å². The molecule has 0 saturated carbocycles. The topological polar surface area (TPSA) is 255 Å². The quantitative estimate of drug-likeness (QED) is 0.0522. The first-order chi connectivity index (χ1) is 42.5. The van der Waals surface area contributed by atoms with E-state index in [0.29, 0.717) is 30.1 Å². The van der Waals surface area contributed by atoms with E-state index in [9.17, 15) is 23.4 Å². The molecule has 22 nitrogen and oxygen atoms in total. The summed E-state index contributed by atoms with van der Waals surface area (Å²) >= 11 is 3.32. The number of hydrogen-bond donors (Lipinski definition) is 6. The lowest BCUT2D eigenvalue weighted by Crippen LogP contribution is -2.37. The van der Waals surface area contributed by atoms with Gasteiger partial charge in [0.15, 0.2) is 11.6 Å². The molecule has 6 N–H and O–H groups in total. The third kappa shape index (κ3) is 16.9. The highest BCUT2D eigenvalue weighted by Crippen LogP contribution is 2.36. The highest BCUT2D eigenvalue weighted by atomic mass is 79.9. The summed E-state index contributed by atoms with van der Waals surface area (Å²) in [5.41, 5.74) is 13.3. The van der Waals surface area contributed by atoms with E-state index in [0.717, 1.165) is 151 Å². The highest BCUT2D eigenvalue weighted by Gasteiger charge is 2.38. The van der Waals surface area contributed by atoms with Crippen molar-refractivity contribution in [1.29, 1.82) is 0 Å². The van der Waals surface area contributed by atoms with Crippen LogP contribution in [0.4, 0.5) is 48.3 Å². The Morgan fingerprint density at radius 2 is 1.21 bits per heavy atom. The van der Waals surface area contributed by atoms with Crippen molar-refractivity contribution in [1.82, 2.24) is 59.2 Å². The molecule has 2 saturated heterocycles. The summed E-state index contributed by atoms with van der Waals surface area (Å²) in [4.78, 5) is 52.8. The Labute approximate surface area is 533 Å². The lowest BCUT2D eigenvalue weighted by atomic mass is 10.0. The van der Waals surface area contributed by atoms with Crippen LogP contribution >= 0.6 is 32.9 Å². The predicted molar refractivity (Wildman–Crippen MR) is 343 cm³/mol. The first-order valence-electron chi connectivity index (χ1n) is 29.0. The summed E-state index contributed by atoms with van der Waals surface area (Å²) in [6.45, 7) is 14.4. The summed E-state index contributed by atoms with van der Waals surface area (Å²) in [6.07, 6.45) is 15.5. The Morgan fingerprint density at radius 3 is 1.66 bits per heavy atom. The van der Waals surface area contributed by atoms with Crippen LogP contribution in [0.5, 0.6) is 11.5 Å². The number of aromatic nitrogens is 10. The third-order valence-electron chi connectivity index (χ3n) is 15.9. The number of hydrogen-bond acceptors (Lipinski definition) is 19. The summed E-state index contributed by atoms with van der Waals surface area (Å²) < 4.78 is 46.8. The average Bonchev–Trinajstić information content (AvgIpc) is 2.03. The van der Waals surface area contributed by atoms with Crippen molar-refractivity contribution >= 4 is 74.0 Å². The SMILES string of the molecule is Br.BrCc1cccnc1.COc1cc(-n2cnc(Nc3nc4c(c(N5CCC[C@H]5CO)n3)CCN(Cc3cccnc3)C4)c2)cc(C)c1C.COc1cc(-n2cnc(Nc3nc4c(c(N5CCC[C@H]5CO)n3)CCNC4)c2)cc(C)c1C.O=C(O)C(F)(F)F. The number of fused-ring (bicyclic) bond motifs is 2. The van der Waals surface area contributed by atoms with Gasteiger partial charge in [-0.1, -0.05) is 28.1 Å². The molecule has 10 heterocycles. The zero-order valence-electron chi connectivity index (χ0n) is 50.5. The number of alkyl halides is 4. The molecule has 474 valence electrons. The van der Waals surface area contributed by atoms with Crippen molar-refractivity contribution in [3.63, 3.8) is 0 Å². The summed E-state index contributed by atoms with van der Waals surface area (Å²) in [5, 5.41) is 38.0. The van der Waals surface area contributed by atoms with Gasteiger partial charge in [0, 0.05) is 92.6 Å². The molecule has 4 aliphatic rings. The van der Waals surface area contributed by atoms with Gasteiger partial charge < -0.3 is 59.7 Å². The van der Waals surface area contributed by atoms with Crippen LogP contribution in [0.2, 0.25) is 0 Å². The number of anilines is 6. The zero-order chi connectivity index (χ0) is 62.5. The van der Waals surface area contributed by atoms with Crippen LogP contribution in [-0.2, 0) is 42.6 Å². The molecule has 0 radical (unpaired) electrons. The molecule has 2 aromatic carbocycles. The Balaban J connectivity index is 0.000000187. The summed E-state index contributed by atoms with van der Waals surface area (Å²) in [7, 11) is 3.38. The first-order valence-corrected chi connectivity index (χ1v) is 30.1. The number of pyridine rings is 2. The van der Waals surface area contributed by atoms with E-state index < -0.39 is 12.1 Å². The second kappa shape index (κ2) is 31.1. The molecule has 0 spiro atoms. The van der Waals surface area contributed by atoms with Crippen LogP contribution in [0.1, 0.15) is 81.6 Å². The second-order valence-electron chi connectivity index (χ2n) is 21.7. The van der Waals surface area contributed by atoms with Crippen LogP contribution in [0, 0.1) is 27.7 Å². The Kier molecular flexibility index (Phi) is 23.4. The number of aliphatic carboxylic acids is 1. The van der Waals surface area contributed by atoms with E-state index in [1.54, 1.807) is 39.3 Å². The zero-order valence-corrected chi connectivity index (χ0v) is 53.8. The number of carboxylic acid groups (broad SMARTS) is 1. The van der Waals surface area contributed by atoms with Gasteiger partial charge in [0.1, 0.15) is 35.8 Å². The normalized spacial score (nSPS) is 16.0. The molecule has 0 aliphatic carbocycles. The molecule has 27 heteroatoms. The third-order valence-corrected chi connectivity index (χ3v) is 16.5. The molecule has 0 bridgehead atoms. The van der Waals surface area contributed by atoms with Crippen molar-refractivity contribution in [3.8, 4) is 22.9 Å². The fraction of sp³-hybridized carbons (Fsp3) is 0.403. The maximum absolute atomic E-state index is 10.6. The minimum atomic E-state index is -5.08. The maximum Gasteiger partial charge on any atom is 0.490 e. The smallest absolute Gasteiger partial charge is 0.490 e. The summed E-state index contributed by atoms with van der Waals surface area (Å²) in [5.74, 6) is 3.19. The average molecular weight is 1360 g/mol. The molecule has 0 amide bonds. The number of methoxy groups -OCH3 is 2. The number of halogens is 5. The largest absolute Gasteiger partial charge is 0.496 e. The number of aryl methyl sites for hydroxylation is 2. The predicted octanol–water partition coefficient (Wildman–Crippen LogP) is 9.77. The van der Waals surface area contributed by atoms with Gasteiger partial charge in [-0.25, -0.2) is 24.7 Å². The molecular formula is C62H75Br2F3N16O6. The van der Waals surface area contributed by atoms with Gasteiger partial charge in [0.2, 0.25) is 11.9 Å². The first kappa shape index (κ1) is 67.1. The molecule has 6 aromatic heterocycles. The lowest BCUT2D eigenvalue weighted by molar-refractivity contribution is -0.192. The Bertz CT molecular complexity index is 3640. The van der Waals surface area contributed by atoms with E-state index >= 15 is 0 Å². The van der Waals surface area contributed by atoms with Crippen molar-refractivity contribution in [2.45, 2.75) is 109 Å².